The molecule has 0 heterocycles. The van der Waals surface area contributed by atoms with Crippen LogP contribution in [0.2, 0.25) is 0 Å². The number of hydrogen-bond acceptors (Lipinski definition) is 4. The van der Waals surface area contributed by atoms with E-state index in [2.05, 4.69) is 15.3 Å². The Balaban J connectivity index is 2.72. The van der Waals surface area contributed by atoms with Crippen molar-refractivity contribution < 1.29 is 14.7 Å². The largest absolute Gasteiger partial charge is 0.480 e. The number of nitrogens with zero attached hydrogens (tertiary/aromatic N) is 3. The van der Waals surface area contributed by atoms with Crippen molar-refractivity contribution in [2.24, 2.45) is 10.8 Å². The lowest BCUT2D eigenvalue weighted by Crippen LogP contribution is -2.41. The van der Waals surface area contributed by atoms with Crippen molar-refractivity contribution in [3.05, 3.63) is 40.3 Å². The molecule has 4 N–H and O–H groups in total. The first-order valence-corrected chi connectivity index (χ1v) is 5.97. The molecule has 0 bridgehead atoms. The Hall–Kier alpha value is -2.57. The molecule has 0 radical (unpaired) electrons. The smallest absolute Gasteiger partial charge is 0.326 e. The monoisotopic (exact) mass is 277 g/mol. The van der Waals surface area contributed by atoms with Crippen LogP contribution in [0.25, 0.3) is 10.4 Å². The molecule has 0 aromatic heterocycles. The van der Waals surface area contributed by atoms with Gasteiger partial charge in [0.15, 0.2) is 0 Å². The minimum atomic E-state index is -1.10. The van der Waals surface area contributed by atoms with E-state index in [9.17, 15) is 9.59 Å². The maximum atomic E-state index is 11.9. The van der Waals surface area contributed by atoms with Gasteiger partial charge in [-0.15, -0.1) is 0 Å². The second-order valence-electron chi connectivity index (χ2n) is 4.03. The fourth-order valence-electron chi connectivity index (χ4n) is 1.55. The Labute approximate surface area is 115 Å². The van der Waals surface area contributed by atoms with Crippen LogP contribution in [-0.4, -0.2) is 29.6 Å². The normalized spacial score (nSPS) is 11.2. The average molecular weight is 277 g/mol. The molecule has 0 aliphatic heterocycles. The van der Waals surface area contributed by atoms with Gasteiger partial charge in [-0.25, -0.2) is 4.79 Å². The van der Waals surface area contributed by atoms with Crippen LogP contribution in [0.3, 0.4) is 0 Å². The van der Waals surface area contributed by atoms with Gasteiger partial charge in [-0.05, 0) is 37.1 Å². The average Bonchev–Trinajstić information content (AvgIpc) is 2.44. The van der Waals surface area contributed by atoms with Crippen LogP contribution >= 0.6 is 0 Å². The zero-order valence-corrected chi connectivity index (χ0v) is 10.7. The maximum Gasteiger partial charge on any atom is 0.326 e. The lowest BCUT2D eigenvalue weighted by molar-refractivity contribution is -0.139. The molecule has 0 aliphatic carbocycles. The number of benzene rings is 1. The molecule has 20 heavy (non-hydrogen) atoms. The molecular weight excluding hydrogens is 262 g/mol. The third-order valence-corrected chi connectivity index (χ3v) is 2.59. The summed E-state index contributed by atoms with van der Waals surface area (Å²) in [6.45, 7) is 0.362. The Bertz CT molecular complexity index is 522. The molecule has 1 atom stereocenters. The van der Waals surface area contributed by atoms with E-state index in [1.807, 2.05) is 0 Å². The minimum absolute atomic E-state index is 0.272. The van der Waals surface area contributed by atoms with Gasteiger partial charge in [-0.2, -0.15) is 0 Å². The molecule has 0 aliphatic rings. The zero-order chi connectivity index (χ0) is 15.0. The van der Waals surface area contributed by atoms with Crippen LogP contribution in [0.1, 0.15) is 23.2 Å². The Kier molecular flexibility index (Phi) is 6.02. The van der Waals surface area contributed by atoms with E-state index in [0.29, 0.717) is 24.2 Å². The van der Waals surface area contributed by atoms with Gasteiger partial charge in [0.2, 0.25) is 0 Å². The third-order valence-electron chi connectivity index (χ3n) is 2.59. The molecule has 0 unspecified atom stereocenters. The highest BCUT2D eigenvalue weighted by Crippen LogP contribution is 2.13. The summed E-state index contributed by atoms with van der Waals surface area (Å²) in [6, 6.07) is 4.90. The fraction of sp³-hybridized carbons (Fsp3) is 0.333. The summed E-state index contributed by atoms with van der Waals surface area (Å²) < 4.78 is 0. The Morgan fingerprint density at radius 1 is 1.40 bits per heavy atom. The number of rotatable bonds is 7. The first-order valence-electron chi connectivity index (χ1n) is 5.97. The van der Waals surface area contributed by atoms with Gasteiger partial charge >= 0.3 is 5.97 Å². The second-order valence-corrected chi connectivity index (χ2v) is 4.03. The number of carbonyl (C=O) groups excluding carboxylic acids is 1. The summed E-state index contributed by atoms with van der Waals surface area (Å²) in [7, 11) is 0. The van der Waals surface area contributed by atoms with E-state index in [4.69, 9.17) is 16.4 Å². The third kappa shape index (κ3) is 4.60. The van der Waals surface area contributed by atoms with Gasteiger partial charge in [0.05, 0.1) is 0 Å². The van der Waals surface area contributed by atoms with Crippen LogP contribution in [0.15, 0.2) is 29.4 Å². The Morgan fingerprint density at radius 2 is 2.05 bits per heavy atom. The molecule has 8 heteroatoms. The van der Waals surface area contributed by atoms with Gasteiger partial charge in [0.25, 0.3) is 5.91 Å². The van der Waals surface area contributed by atoms with Crippen molar-refractivity contribution in [3.8, 4) is 0 Å². The molecule has 0 fully saturated rings. The zero-order valence-electron chi connectivity index (χ0n) is 10.7. The number of amides is 1. The van der Waals surface area contributed by atoms with Gasteiger partial charge in [0, 0.05) is 16.2 Å². The summed E-state index contributed by atoms with van der Waals surface area (Å²) in [5.74, 6) is -1.60. The molecule has 1 aromatic rings. The quantitative estimate of drug-likeness (QED) is 0.395. The van der Waals surface area contributed by atoms with E-state index < -0.39 is 17.9 Å². The standard InChI is InChI=1S/C12H15N5O3/c13-7-1-2-10(12(19)20)15-11(18)8-3-5-9(6-4-8)16-17-14/h3-6,10H,1-2,7,13H2,(H,15,18)(H,19,20)/t10-/m1/s1. The first-order chi connectivity index (χ1) is 9.58. The molecule has 0 saturated carbocycles. The van der Waals surface area contributed by atoms with Crippen molar-refractivity contribution in [3.63, 3.8) is 0 Å². The highest BCUT2D eigenvalue weighted by molar-refractivity contribution is 5.96. The van der Waals surface area contributed by atoms with Crippen molar-refractivity contribution in [2.45, 2.75) is 18.9 Å². The van der Waals surface area contributed by atoms with Crippen LogP contribution in [0.4, 0.5) is 5.69 Å². The molecule has 1 amide bonds. The van der Waals surface area contributed by atoms with Gasteiger partial charge in [-0.3, -0.25) is 4.79 Å². The lowest BCUT2D eigenvalue weighted by Gasteiger charge is -2.14. The highest BCUT2D eigenvalue weighted by Gasteiger charge is 2.19. The van der Waals surface area contributed by atoms with E-state index in [-0.39, 0.29) is 6.42 Å². The van der Waals surface area contributed by atoms with Crippen molar-refractivity contribution in [1.29, 1.82) is 0 Å². The number of carbonyl (C=O) groups is 2. The Morgan fingerprint density at radius 3 is 2.55 bits per heavy atom. The van der Waals surface area contributed by atoms with Crippen molar-refractivity contribution in [2.75, 3.05) is 6.54 Å². The number of hydrogen-bond donors (Lipinski definition) is 3. The number of carboxylic acid groups (broad SMARTS) is 1. The fourth-order valence-corrected chi connectivity index (χ4v) is 1.55. The summed E-state index contributed by atoms with van der Waals surface area (Å²) >= 11 is 0. The summed E-state index contributed by atoms with van der Waals surface area (Å²) in [4.78, 5) is 25.5. The number of carboxylic acids is 1. The van der Waals surface area contributed by atoms with Crippen LogP contribution in [0.5, 0.6) is 0 Å². The van der Waals surface area contributed by atoms with Crippen LogP contribution in [-0.2, 0) is 4.79 Å². The van der Waals surface area contributed by atoms with E-state index in [1.54, 1.807) is 0 Å². The number of azide groups is 1. The maximum absolute atomic E-state index is 11.9. The first kappa shape index (κ1) is 15.5. The predicted octanol–water partition coefficient (Wildman–Crippen LogP) is 1.55. The second kappa shape index (κ2) is 7.78. The molecular formula is C12H15N5O3. The SMILES string of the molecule is [N-]=[N+]=Nc1ccc(C(=O)N[C@H](CCCN)C(=O)O)cc1. The molecule has 1 rings (SSSR count). The van der Waals surface area contributed by atoms with Crippen LogP contribution in [0, 0.1) is 0 Å². The van der Waals surface area contributed by atoms with Crippen LogP contribution < -0.4 is 11.1 Å². The lowest BCUT2D eigenvalue weighted by atomic mass is 10.1. The molecule has 0 spiro atoms. The number of nitrogens with two attached hydrogens (primary N) is 1. The van der Waals surface area contributed by atoms with Crippen molar-refractivity contribution in [1.82, 2.24) is 5.32 Å². The molecule has 1 aromatic carbocycles. The summed E-state index contributed by atoms with van der Waals surface area (Å²) in [6.07, 6.45) is 0.779. The minimum Gasteiger partial charge on any atom is -0.480 e. The number of nitrogens with one attached hydrogen (secondary N) is 1. The van der Waals surface area contributed by atoms with Gasteiger partial charge in [-0.1, -0.05) is 17.2 Å². The van der Waals surface area contributed by atoms with Gasteiger partial charge in [0.1, 0.15) is 6.04 Å². The number of aliphatic carboxylic acids is 1. The van der Waals surface area contributed by atoms with E-state index in [0.717, 1.165) is 0 Å². The predicted molar refractivity (Wildman–Crippen MR) is 72.4 cm³/mol. The molecule has 8 nitrogen and oxygen atoms in total. The van der Waals surface area contributed by atoms with E-state index >= 15 is 0 Å². The van der Waals surface area contributed by atoms with Crippen molar-refractivity contribution >= 4 is 17.6 Å². The summed E-state index contributed by atoms with van der Waals surface area (Å²) in [5, 5.41) is 14.8. The van der Waals surface area contributed by atoms with E-state index in [1.165, 1.54) is 24.3 Å². The van der Waals surface area contributed by atoms with Gasteiger partial charge < -0.3 is 16.2 Å². The highest BCUT2D eigenvalue weighted by atomic mass is 16.4. The molecule has 0 saturated heterocycles. The molecule has 106 valence electrons. The topological polar surface area (TPSA) is 141 Å². The summed E-state index contributed by atoms with van der Waals surface area (Å²) in [5.41, 5.74) is 14.3.